The fraction of sp³-hybridized carbons (Fsp3) is 0.438. The predicted octanol–water partition coefficient (Wildman–Crippen LogP) is 3.18. The Hall–Kier alpha value is -2.24. The van der Waals surface area contributed by atoms with Crippen molar-refractivity contribution in [3.63, 3.8) is 0 Å². The smallest absolute Gasteiger partial charge is 0.292 e. The van der Waals surface area contributed by atoms with Crippen molar-refractivity contribution < 1.29 is 13.7 Å². The van der Waals surface area contributed by atoms with Crippen molar-refractivity contribution in [1.29, 1.82) is 0 Å². The van der Waals surface area contributed by atoms with Gasteiger partial charge in [0.2, 0.25) is 0 Å². The molecule has 1 aromatic heterocycles. The first-order chi connectivity index (χ1) is 10.6. The first-order valence-electron chi connectivity index (χ1n) is 7.53. The zero-order valence-corrected chi connectivity index (χ0v) is 12.4. The van der Waals surface area contributed by atoms with Gasteiger partial charge in [0.25, 0.3) is 17.6 Å². The standard InChI is InChI=1S/C16H18FN3O2/c1-10-6-8-11(9-7-10)18-15(21)14-19-16(22-20-14)12-4-2-3-5-13(12)17/h2-5,10-11H,6-9H2,1H3,(H,18,21). The fourth-order valence-electron chi connectivity index (χ4n) is 2.71. The van der Waals surface area contributed by atoms with Crippen LogP contribution in [0.5, 0.6) is 0 Å². The van der Waals surface area contributed by atoms with Crippen molar-refractivity contribution in [2.24, 2.45) is 5.92 Å². The lowest BCUT2D eigenvalue weighted by Gasteiger charge is -2.26. The predicted molar refractivity (Wildman–Crippen MR) is 78.6 cm³/mol. The van der Waals surface area contributed by atoms with Crippen molar-refractivity contribution in [3.8, 4) is 11.5 Å². The minimum atomic E-state index is -0.459. The number of rotatable bonds is 3. The van der Waals surface area contributed by atoms with Crippen molar-refractivity contribution in [2.45, 2.75) is 38.6 Å². The van der Waals surface area contributed by atoms with E-state index >= 15 is 0 Å². The summed E-state index contributed by atoms with van der Waals surface area (Å²) in [7, 11) is 0. The van der Waals surface area contributed by atoms with Crippen LogP contribution in [-0.2, 0) is 0 Å². The molecule has 1 amide bonds. The van der Waals surface area contributed by atoms with E-state index in [-0.39, 0.29) is 29.2 Å². The Morgan fingerprint density at radius 1 is 1.27 bits per heavy atom. The van der Waals surface area contributed by atoms with E-state index < -0.39 is 5.82 Å². The van der Waals surface area contributed by atoms with Crippen molar-refractivity contribution in [1.82, 2.24) is 15.5 Å². The van der Waals surface area contributed by atoms with E-state index in [0.717, 1.165) is 25.7 Å². The average Bonchev–Trinajstić information content (AvgIpc) is 3.00. The molecule has 2 aromatic rings. The monoisotopic (exact) mass is 303 g/mol. The van der Waals surface area contributed by atoms with Gasteiger partial charge in [-0.1, -0.05) is 24.2 Å². The van der Waals surface area contributed by atoms with E-state index in [1.54, 1.807) is 12.1 Å². The molecule has 1 aliphatic rings. The topological polar surface area (TPSA) is 68.0 Å². The highest BCUT2D eigenvalue weighted by molar-refractivity contribution is 5.90. The summed E-state index contributed by atoms with van der Waals surface area (Å²) in [4.78, 5) is 16.1. The third-order valence-corrected chi connectivity index (χ3v) is 4.08. The molecule has 0 saturated heterocycles. The van der Waals surface area contributed by atoms with Crippen LogP contribution in [0, 0.1) is 11.7 Å². The molecule has 0 atom stereocenters. The third-order valence-electron chi connectivity index (χ3n) is 4.08. The number of carbonyl (C=O) groups is 1. The zero-order valence-electron chi connectivity index (χ0n) is 12.4. The molecule has 116 valence electrons. The van der Waals surface area contributed by atoms with Crippen LogP contribution in [0.15, 0.2) is 28.8 Å². The largest absolute Gasteiger partial charge is 0.346 e. The number of nitrogens with one attached hydrogen (secondary N) is 1. The summed E-state index contributed by atoms with van der Waals surface area (Å²) >= 11 is 0. The lowest BCUT2D eigenvalue weighted by atomic mass is 9.87. The second-order valence-corrected chi connectivity index (χ2v) is 5.83. The second-order valence-electron chi connectivity index (χ2n) is 5.83. The van der Waals surface area contributed by atoms with E-state index in [1.807, 2.05) is 0 Å². The zero-order chi connectivity index (χ0) is 15.5. The first-order valence-corrected chi connectivity index (χ1v) is 7.53. The maximum absolute atomic E-state index is 13.7. The van der Waals surface area contributed by atoms with Crippen LogP contribution in [0.1, 0.15) is 43.2 Å². The molecule has 1 aromatic carbocycles. The number of hydrogen-bond donors (Lipinski definition) is 1. The minimum Gasteiger partial charge on any atom is -0.346 e. The lowest BCUT2D eigenvalue weighted by molar-refractivity contribution is 0.0909. The Balaban J connectivity index is 1.68. The fourth-order valence-corrected chi connectivity index (χ4v) is 2.71. The van der Waals surface area contributed by atoms with Crippen molar-refractivity contribution in [2.75, 3.05) is 0 Å². The highest BCUT2D eigenvalue weighted by atomic mass is 19.1. The molecule has 0 bridgehead atoms. The van der Waals surface area contributed by atoms with Crippen LogP contribution in [-0.4, -0.2) is 22.1 Å². The molecule has 1 aliphatic carbocycles. The van der Waals surface area contributed by atoms with Gasteiger partial charge in [-0.15, -0.1) is 0 Å². The molecule has 22 heavy (non-hydrogen) atoms. The van der Waals surface area contributed by atoms with Crippen molar-refractivity contribution >= 4 is 5.91 Å². The number of benzene rings is 1. The summed E-state index contributed by atoms with van der Waals surface area (Å²) in [6.45, 7) is 2.22. The van der Waals surface area contributed by atoms with Crippen LogP contribution >= 0.6 is 0 Å². The summed E-state index contributed by atoms with van der Waals surface area (Å²) in [5.41, 5.74) is 0.195. The maximum atomic E-state index is 13.7. The Bertz CT molecular complexity index is 663. The highest BCUT2D eigenvalue weighted by Gasteiger charge is 2.23. The van der Waals surface area contributed by atoms with Gasteiger partial charge in [-0.25, -0.2) is 4.39 Å². The van der Waals surface area contributed by atoms with E-state index in [4.69, 9.17) is 4.52 Å². The van der Waals surface area contributed by atoms with E-state index in [0.29, 0.717) is 5.92 Å². The van der Waals surface area contributed by atoms with Crippen LogP contribution in [0.25, 0.3) is 11.5 Å². The molecular formula is C16H18FN3O2. The molecule has 5 nitrogen and oxygen atoms in total. The third kappa shape index (κ3) is 3.16. The summed E-state index contributed by atoms with van der Waals surface area (Å²) < 4.78 is 18.7. The quantitative estimate of drug-likeness (QED) is 0.945. The average molecular weight is 303 g/mol. The normalized spacial score (nSPS) is 21.5. The van der Waals surface area contributed by atoms with Crippen LogP contribution < -0.4 is 5.32 Å². The van der Waals surface area contributed by atoms with Crippen LogP contribution in [0.3, 0.4) is 0 Å². The van der Waals surface area contributed by atoms with E-state index in [2.05, 4.69) is 22.4 Å². The van der Waals surface area contributed by atoms with Gasteiger partial charge in [0.15, 0.2) is 0 Å². The van der Waals surface area contributed by atoms with Crippen molar-refractivity contribution in [3.05, 3.63) is 35.9 Å². The number of amides is 1. The molecule has 3 rings (SSSR count). The van der Waals surface area contributed by atoms with Crippen LogP contribution in [0.4, 0.5) is 4.39 Å². The van der Waals surface area contributed by atoms with Crippen LogP contribution in [0.2, 0.25) is 0 Å². The lowest BCUT2D eigenvalue weighted by Crippen LogP contribution is -2.37. The molecule has 0 unspecified atom stereocenters. The minimum absolute atomic E-state index is 0.0144. The van der Waals surface area contributed by atoms with Gasteiger partial charge in [0.05, 0.1) is 5.56 Å². The Morgan fingerprint density at radius 3 is 2.73 bits per heavy atom. The molecule has 0 aliphatic heterocycles. The summed E-state index contributed by atoms with van der Waals surface area (Å²) in [5.74, 6) is -0.159. The van der Waals surface area contributed by atoms with Gasteiger partial charge >= 0.3 is 0 Å². The van der Waals surface area contributed by atoms with Gasteiger partial charge in [-0.3, -0.25) is 4.79 Å². The van der Waals surface area contributed by atoms with Gasteiger partial charge in [0, 0.05) is 6.04 Å². The number of hydrogen-bond acceptors (Lipinski definition) is 4. The molecule has 6 heteroatoms. The second kappa shape index (κ2) is 6.25. The molecular weight excluding hydrogens is 285 g/mol. The molecule has 1 fully saturated rings. The van der Waals surface area contributed by atoms with E-state index in [9.17, 15) is 9.18 Å². The van der Waals surface area contributed by atoms with Gasteiger partial charge in [0.1, 0.15) is 5.82 Å². The summed E-state index contributed by atoms with van der Waals surface area (Å²) in [6, 6.07) is 6.24. The van der Waals surface area contributed by atoms with Gasteiger partial charge in [-0.05, 0) is 43.7 Å². The maximum Gasteiger partial charge on any atom is 0.292 e. The SMILES string of the molecule is CC1CCC(NC(=O)c2noc(-c3ccccc3F)n2)CC1. The first kappa shape index (κ1) is 14.7. The molecule has 0 spiro atoms. The van der Waals surface area contributed by atoms with Gasteiger partial charge < -0.3 is 9.84 Å². The molecule has 1 N–H and O–H groups in total. The highest BCUT2D eigenvalue weighted by Crippen LogP contribution is 2.24. The van der Waals surface area contributed by atoms with E-state index in [1.165, 1.54) is 12.1 Å². The number of halogens is 1. The Morgan fingerprint density at radius 2 is 2.00 bits per heavy atom. The molecule has 1 heterocycles. The molecule has 0 radical (unpaired) electrons. The molecule has 1 saturated carbocycles. The number of carbonyl (C=O) groups excluding carboxylic acids is 1. The Kier molecular flexibility index (Phi) is 4.18. The Labute approximate surface area is 127 Å². The number of aromatic nitrogens is 2. The van der Waals surface area contributed by atoms with Gasteiger partial charge in [-0.2, -0.15) is 4.98 Å². The number of nitrogens with zero attached hydrogens (tertiary/aromatic N) is 2. The summed E-state index contributed by atoms with van der Waals surface area (Å²) in [6.07, 6.45) is 4.14. The summed E-state index contributed by atoms with van der Waals surface area (Å²) in [5, 5.41) is 6.57.